The molecule has 0 saturated carbocycles. The monoisotopic (exact) mass is 485 g/mol. The molecule has 9 heteroatoms. The number of benzene rings is 2. The van der Waals surface area contributed by atoms with Crippen molar-refractivity contribution in [2.75, 3.05) is 6.61 Å². The maximum atomic E-state index is 14.1. The Morgan fingerprint density at radius 3 is 2.61 bits per heavy atom. The molecule has 1 fully saturated rings. The van der Waals surface area contributed by atoms with Crippen molar-refractivity contribution >= 4 is 46.6 Å². The number of imide groups is 1. The maximum Gasteiger partial charge on any atom is 0.338 e. The van der Waals surface area contributed by atoms with E-state index in [2.05, 4.69) is 0 Å². The summed E-state index contributed by atoms with van der Waals surface area (Å²) in [6.45, 7) is 1.77. The molecule has 1 saturated heterocycles. The third-order valence-corrected chi connectivity index (χ3v) is 6.09. The summed E-state index contributed by atoms with van der Waals surface area (Å²) in [6, 6.07) is 14.3. The van der Waals surface area contributed by atoms with Gasteiger partial charge in [0.2, 0.25) is 0 Å². The van der Waals surface area contributed by atoms with Gasteiger partial charge in [0.25, 0.3) is 11.1 Å². The van der Waals surface area contributed by atoms with Gasteiger partial charge in [-0.3, -0.25) is 14.5 Å². The van der Waals surface area contributed by atoms with Crippen LogP contribution < -0.4 is 0 Å². The van der Waals surface area contributed by atoms with E-state index in [9.17, 15) is 18.8 Å². The van der Waals surface area contributed by atoms with Gasteiger partial charge in [-0.25, -0.2) is 9.18 Å². The lowest BCUT2D eigenvalue weighted by Gasteiger charge is -2.14. The van der Waals surface area contributed by atoms with Gasteiger partial charge in [0.1, 0.15) is 17.3 Å². The first-order valence-electron chi connectivity index (χ1n) is 9.93. The lowest BCUT2D eigenvalue weighted by molar-refractivity contribution is -0.123. The molecule has 0 radical (unpaired) electrons. The van der Waals surface area contributed by atoms with E-state index in [-0.39, 0.29) is 22.0 Å². The molecule has 168 valence electrons. The molecule has 2 aromatic carbocycles. The van der Waals surface area contributed by atoms with Crippen molar-refractivity contribution in [3.8, 4) is 11.3 Å². The smallest absolute Gasteiger partial charge is 0.338 e. The molecule has 0 bridgehead atoms. The number of esters is 1. The second kappa shape index (κ2) is 9.64. The highest BCUT2D eigenvalue weighted by Crippen LogP contribution is 2.35. The minimum absolute atomic E-state index is 0.0780. The SMILES string of the molecule is CCOC(=O)c1ccc(-c2ccc(/C=C3/SC(=O)N(Cc4c(F)cccc4Cl)C3=O)o2)cc1. The number of nitrogens with zero attached hydrogens (tertiary/aromatic N) is 1. The van der Waals surface area contributed by atoms with Crippen LogP contribution in [0.15, 0.2) is 63.9 Å². The summed E-state index contributed by atoms with van der Waals surface area (Å²) in [5.41, 5.74) is 1.23. The highest BCUT2D eigenvalue weighted by Gasteiger charge is 2.36. The Morgan fingerprint density at radius 1 is 1.15 bits per heavy atom. The Balaban J connectivity index is 1.51. The molecule has 0 atom stereocenters. The zero-order chi connectivity index (χ0) is 23.5. The van der Waals surface area contributed by atoms with Crippen LogP contribution >= 0.6 is 23.4 Å². The van der Waals surface area contributed by atoms with E-state index in [4.69, 9.17) is 20.8 Å². The summed E-state index contributed by atoms with van der Waals surface area (Å²) < 4.78 is 24.8. The number of rotatable bonds is 6. The van der Waals surface area contributed by atoms with E-state index in [1.807, 2.05) is 0 Å². The summed E-state index contributed by atoms with van der Waals surface area (Å²) in [7, 11) is 0. The molecule has 1 aliphatic heterocycles. The lowest BCUT2D eigenvalue weighted by atomic mass is 10.1. The molecule has 1 aromatic heterocycles. The number of hydrogen-bond acceptors (Lipinski definition) is 6. The van der Waals surface area contributed by atoms with Crippen LogP contribution in [0.1, 0.15) is 28.6 Å². The van der Waals surface area contributed by atoms with Crippen molar-refractivity contribution in [3.05, 3.63) is 87.2 Å². The van der Waals surface area contributed by atoms with E-state index >= 15 is 0 Å². The fraction of sp³-hybridized carbons (Fsp3) is 0.125. The molecule has 2 amide bonds. The molecule has 4 rings (SSSR count). The van der Waals surface area contributed by atoms with E-state index in [0.29, 0.717) is 23.7 Å². The molecule has 6 nitrogen and oxygen atoms in total. The van der Waals surface area contributed by atoms with Crippen LogP contribution in [-0.4, -0.2) is 28.6 Å². The van der Waals surface area contributed by atoms with Gasteiger partial charge in [-0.1, -0.05) is 29.8 Å². The topological polar surface area (TPSA) is 76.8 Å². The fourth-order valence-electron chi connectivity index (χ4n) is 3.18. The third-order valence-electron chi connectivity index (χ3n) is 4.83. The zero-order valence-electron chi connectivity index (χ0n) is 17.3. The van der Waals surface area contributed by atoms with Crippen molar-refractivity contribution in [1.82, 2.24) is 4.90 Å². The largest absolute Gasteiger partial charge is 0.462 e. The summed E-state index contributed by atoms with van der Waals surface area (Å²) in [5.74, 6) is -0.657. The molecule has 33 heavy (non-hydrogen) atoms. The predicted octanol–water partition coefficient (Wildman–Crippen LogP) is 6.15. The van der Waals surface area contributed by atoms with Gasteiger partial charge in [-0.2, -0.15) is 0 Å². The first-order chi connectivity index (χ1) is 15.9. The Bertz CT molecular complexity index is 1250. The number of hydrogen-bond donors (Lipinski definition) is 0. The second-order valence-corrected chi connectivity index (χ2v) is 8.37. The van der Waals surface area contributed by atoms with Crippen LogP contribution in [0.3, 0.4) is 0 Å². The van der Waals surface area contributed by atoms with Crippen LogP contribution in [0.5, 0.6) is 0 Å². The minimum atomic E-state index is -0.588. The van der Waals surface area contributed by atoms with Gasteiger partial charge in [-0.15, -0.1) is 0 Å². The lowest BCUT2D eigenvalue weighted by Crippen LogP contribution is -2.28. The molecule has 1 aliphatic rings. The average molecular weight is 486 g/mol. The fourth-order valence-corrected chi connectivity index (χ4v) is 4.22. The van der Waals surface area contributed by atoms with Crippen molar-refractivity contribution in [1.29, 1.82) is 0 Å². The Kier molecular flexibility index (Phi) is 6.67. The summed E-state index contributed by atoms with van der Waals surface area (Å²) >= 11 is 6.77. The summed E-state index contributed by atoms with van der Waals surface area (Å²) in [4.78, 5) is 38.0. The van der Waals surface area contributed by atoms with Crippen molar-refractivity contribution < 1.29 is 27.9 Å². The first-order valence-corrected chi connectivity index (χ1v) is 11.1. The highest BCUT2D eigenvalue weighted by atomic mass is 35.5. The van der Waals surface area contributed by atoms with Crippen molar-refractivity contribution in [2.45, 2.75) is 13.5 Å². The molecule has 0 N–H and O–H groups in total. The summed E-state index contributed by atoms with van der Waals surface area (Å²) in [6.07, 6.45) is 1.46. The van der Waals surface area contributed by atoms with Gasteiger partial charge in [-0.05, 0) is 55.1 Å². The average Bonchev–Trinajstić information content (AvgIpc) is 3.36. The van der Waals surface area contributed by atoms with E-state index in [1.165, 1.54) is 24.3 Å². The molecule has 0 spiro atoms. The Hall–Kier alpha value is -3.36. The van der Waals surface area contributed by atoms with E-state index < -0.39 is 22.9 Å². The first kappa shape index (κ1) is 22.8. The number of halogens is 2. The van der Waals surface area contributed by atoms with Gasteiger partial charge in [0, 0.05) is 22.2 Å². The molecule has 2 heterocycles. The zero-order valence-corrected chi connectivity index (χ0v) is 18.9. The molecule has 3 aromatic rings. The van der Waals surface area contributed by atoms with Crippen molar-refractivity contribution in [2.24, 2.45) is 0 Å². The number of thioether (sulfide) groups is 1. The Labute approximate surface area is 198 Å². The minimum Gasteiger partial charge on any atom is -0.462 e. The molecule has 0 aliphatic carbocycles. The van der Waals surface area contributed by atoms with Crippen LogP contribution in [0, 0.1) is 5.82 Å². The third kappa shape index (κ3) is 4.86. The number of furan rings is 1. The van der Waals surface area contributed by atoms with Gasteiger partial charge >= 0.3 is 5.97 Å². The normalized spacial score (nSPS) is 14.9. The summed E-state index contributed by atoms with van der Waals surface area (Å²) in [5, 5.41) is -0.380. The molecular formula is C24H17ClFNO5S. The van der Waals surface area contributed by atoms with Crippen LogP contribution in [0.2, 0.25) is 5.02 Å². The molecular weight excluding hydrogens is 469 g/mol. The van der Waals surface area contributed by atoms with Gasteiger partial charge in [0.15, 0.2) is 0 Å². The number of carbonyl (C=O) groups is 3. The van der Waals surface area contributed by atoms with Crippen molar-refractivity contribution in [3.63, 3.8) is 0 Å². The quantitative estimate of drug-likeness (QED) is 0.308. The predicted molar refractivity (Wildman–Crippen MR) is 123 cm³/mol. The van der Waals surface area contributed by atoms with Crippen LogP contribution in [0.4, 0.5) is 9.18 Å². The number of amides is 2. The van der Waals surface area contributed by atoms with Gasteiger partial charge < -0.3 is 9.15 Å². The van der Waals surface area contributed by atoms with Crippen LogP contribution in [0.25, 0.3) is 17.4 Å². The molecule has 0 unspecified atom stereocenters. The number of carbonyl (C=O) groups excluding carboxylic acids is 3. The Morgan fingerprint density at radius 2 is 1.91 bits per heavy atom. The highest BCUT2D eigenvalue weighted by molar-refractivity contribution is 8.18. The van der Waals surface area contributed by atoms with Crippen LogP contribution in [-0.2, 0) is 16.1 Å². The van der Waals surface area contributed by atoms with Gasteiger partial charge in [0.05, 0.1) is 23.6 Å². The van der Waals surface area contributed by atoms with E-state index in [0.717, 1.165) is 22.2 Å². The maximum absolute atomic E-state index is 14.1. The standard InChI is InChI=1S/C24H17ClFNO5S/c1-2-31-23(29)15-8-6-14(7-9-15)20-11-10-16(32-20)12-21-22(28)27(24(30)33-21)13-17-18(25)4-3-5-19(17)26/h3-12H,2,13H2,1H3/b21-12+. The number of ether oxygens (including phenoxy) is 1. The second-order valence-electron chi connectivity index (χ2n) is 6.97. The van der Waals surface area contributed by atoms with E-state index in [1.54, 1.807) is 43.3 Å².